The summed E-state index contributed by atoms with van der Waals surface area (Å²) in [5, 5.41) is 6.87. The summed E-state index contributed by atoms with van der Waals surface area (Å²) in [6.07, 6.45) is 5.61. The molecule has 4 rings (SSSR count). The molecule has 2 atom stereocenters. The number of halogens is 2. The largest absolute Gasteiger partial charge is 0.349 e. The lowest BCUT2D eigenvalue weighted by molar-refractivity contribution is 0.0924. The van der Waals surface area contributed by atoms with Crippen LogP contribution in [0.2, 0.25) is 0 Å². The van der Waals surface area contributed by atoms with Gasteiger partial charge >= 0.3 is 5.69 Å². The molecule has 8 nitrogen and oxygen atoms in total. The molecule has 2 aromatic heterocycles. The van der Waals surface area contributed by atoms with Crippen LogP contribution in [0.5, 0.6) is 0 Å². The maximum atomic E-state index is 12.6. The van der Waals surface area contributed by atoms with Gasteiger partial charge in [0.2, 0.25) is 0 Å². The highest BCUT2D eigenvalue weighted by Gasteiger charge is 2.34. The number of hydrogen-bond donors (Lipinski definition) is 2. The Balaban J connectivity index is 0.00000131. The van der Waals surface area contributed by atoms with E-state index in [1.165, 1.54) is 36.7 Å². The van der Waals surface area contributed by atoms with Crippen LogP contribution >= 0.6 is 24.8 Å². The fraction of sp³-hybridized carbons (Fsp3) is 0.529. The van der Waals surface area contributed by atoms with Crippen LogP contribution < -0.4 is 21.9 Å². The van der Waals surface area contributed by atoms with Gasteiger partial charge in [-0.2, -0.15) is 0 Å². The topological polar surface area (TPSA) is 98.0 Å². The fourth-order valence-corrected chi connectivity index (χ4v) is 4.03. The molecule has 2 N–H and O–H groups in total. The Hall–Kier alpha value is -1.90. The van der Waals surface area contributed by atoms with Crippen molar-refractivity contribution in [1.29, 1.82) is 0 Å². The van der Waals surface area contributed by atoms with Gasteiger partial charge in [0.05, 0.1) is 10.9 Å². The van der Waals surface area contributed by atoms with Gasteiger partial charge in [0.25, 0.3) is 11.5 Å². The van der Waals surface area contributed by atoms with E-state index in [1.807, 2.05) is 0 Å². The van der Waals surface area contributed by atoms with Crippen LogP contribution in [0.3, 0.4) is 0 Å². The van der Waals surface area contributed by atoms with Crippen molar-refractivity contribution in [1.82, 2.24) is 24.8 Å². The average Bonchev–Trinajstić information content (AvgIpc) is 2.96. The Morgan fingerprint density at radius 2 is 1.78 bits per heavy atom. The molecule has 0 saturated carbocycles. The highest BCUT2D eigenvalue weighted by Crippen LogP contribution is 2.26. The number of rotatable bonds is 2. The highest BCUT2D eigenvalue weighted by atomic mass is 35.5. The third-order valence-electron chi connectivity index (χ3n) is 5.36. The van der Waals surface area contributed by atoms with E-state index in [0.717, 1.165) is 17.4 Å². The Labute approximate surface area is 168 Å². The number of carbonyl (C=O) groups is 1. The van der Waals surface area contributed by atoms with E-state index >= 15 is 0 Å². The van der Waals surface area contributed by atoms with Gasteiger partial charge in [-0.25, -0.2) is 9.78 Å². The normalized spacial score (nSPS) is 23.4. The van der Waals surface area contributed by atoms with Gasteiger partial charge in [0.15, 0.2) is 0 Å². The van der Waals surface area contributed by atoms with Crippen LogP contribution in [0.15, 0.2) is 21.9 Å². The van der Waals surface area contributed by atoms with Crippen LogP contribution in [-0.4, -0.2) is 38.2 Å². The maximum absolute atomic E-state index is 12.6. The molecule has 1 amide bonds. The van der Waals surface area contributed by atoms with Crippen molar-refractivity contribution in [2.75, 3.05) is 0 Å². The van der Waals surface area contributed by atoms with Crippen LogP contribution in [0, 0.1) is 0 Å². The van der Waals surface area contributed by atoms with E-state index in [1.54, 1.807) is 7.05 Å². The number of hydrogen-bond acceptors (Lipinski definition) is 5. The minimum Gasteiger partial charge on any atom is -0.349 e. The van der Waals surface area contributed by atoms with Crippen LogP contribution in [0.4, 0.5) is 0 Å². The summed E-state index contributed by atoms with van der Waals surface area (Å²) in [4.78, 5) is 41.0. The van der Waals surface area contributed by atoms with Gasteiger partial charge < -0.3 is 10.6 Å². The number of nitrogens with one attached hydrogen (secondary N) is 2. The van der Waals surface area contributed by atoms with Crippen molar-refractivity contribution in [3.8, 4) is 0 Å². The molecule has 2 fully saturated rings. The standard InChI is InChI=1S/C17H21N5O3.2ClH/c1-21-14-13(16(24)22(2)17(21)25)5-9(8-18-14)15(23)20-12-6-10-3-4-11(7-12)19-10;;/h5,8,10-12,19H,3-4,6-7H2,1-2H3,(H,20,23);2*1H. The first kappa shape index (κ1) is 21.4. The van der Waals surface area contributed by atoms with Crippen LogP contribution in [0.25, 0.3) is 11.0 Å². The number of amides is 1. The number of nitrogens with zero attached hydrogens (tertiary/aromatic N) is 3. The van der Waals surface area contributed by atoms with Gasteiger partial charge in [-0.1, -0.05) is 0 Å². The Morgan fingerprint density at radius 1 is 1.15 bits per heavy atom. The molecule has 2 aromatic rings. The lowest BCUT2D eigenvalue weighted by Gasteiger charge is -2.29. The third-order valence-corrected chi connectivity index (χ3v) is 5.36. The number of carbonyl (C=O) groups excluding carboxylic acids is 1. The first-order valence-electron chi connectivity index (χ1n) is 8.56. The molecular weight excluding hydrogens is 393 g/mol. The van der Waals surface area contributed by atoms with Gasteiger partial charge in [0.1, 0.15) is 5.65 Å². The van der Waals surface area contributed by atoms with E-state index in [9.17, 15) is 14.4 Å². The predicted molar refractivity (Wildman–Crippen MR) is 107 cm³/mol. The summed E-state index contributed by atoms with van der Waals surface area (Å²) in [6, 6.07) is 2.64. The zero-order valence-corrected chi connectivity index (χ0v) is 16.7. The summed E-state index contributed by atoms with van der Waals surface area (Å²) in [5.41, 5.74) is -0.258. The molecule has 4 heterocycles. The van der Waals surface area contributed by atoms with Crippen molar-refractivity contribution >= 4 is 41.8 Å². The quantitative estimate of drug-likeness (QED) is 0.743. The summed E-state index contributed by atoms with van der Waals surface area (Å²) in [5.74, 6) is -0.225. The molecule has 2 aliphatic heterocycles. The number of piperidine rings is 1. The van der Waals surface area contributed by atoms with Crippen molar-refractivity contribution in [2.24, 2.45) is 14.1 Å². The average molecular weight is 416 g/mol. The van der Waals surface area contributed by atoms with Crippen molar-refractivity contribution in [3.63, 3.8) is 0 Å². The smallest absolute Gasteiger partial charge is 0.332 e. The highest BCUT2D eigenvalue weighted by molar-refractivity contribution is 5.96. The molecule has 2 aliphatic rings. The molecule has 0 aliphatic carbocycles. The number of fused-ring (bicyclic) bond motifs is 3. The summed E-state index contributed by atoms with van der Waals surface area (Å²) < 4.78 is 2.33. The van der Waals surface area contributed by atoms with Crippen LogP contribution in [0.1, 0.15) is 36.0 Å². The molecule has 2 saturated heterocycles. The second kappa shape index (κ2) is 8.00. The molecule has 0 aromatic carbocycles. The van der Waals surface area contributed by atoms with E-state index in [-0.39, 0.29) is 47.8 Å². The zero-order valence-electron chi connectivity index (χ0n) is 15.1. The minimum absolute atomic E-state index is 0. The second-order valence-corrected chi connectivity index (χ2v) is 7.08. The SMILES string of the molecule is Cl.Cl.Cn1c(=O)c2cc(C(=O)NC3CC4CCC(C3)N4)cnc2n(C)c1=O. The Kier molecular flexibility index (Phi) is 6.34. The number of aryl methyl sites for hydroxylation is 1. The van der Waals surface area contributed by atoms with Gasteiger partial charge in [0, 0.05) is 38.4 Å². The van der Waals surface area contributed by atoms with Crippen molar-refractivity contribution < 1.29 is 4.79 Å². The zero-order chi connectivity index (χ0) is 17.7. The maximum Gasteiger partial charge on any atom is 0.332 e. The monoisotopic (exact) mass is 415 g/mol. The number of pyridine rings is 1. The lowest BCUT2D eigenvalue weighted by Crippen LogP contribution is -2.48. The lowest BCUT2D eigenvalue weighted by atomic mass is 9.99. The van der Waals surface area contributed by atoms with E-state index < -0.39 is 11.2 Å². The predicted octanol–water partition coefficient (Wildman–Crippen LogP) is 0.489. The van der Waals surface area contributed by atoms with Gasteiger partial charge in [-0.3, -0.25) is 18.7 Å². The molecule has 0 spiro atoms. The van der Waals surface area contributed by atoms with Crippen molar-refractivity contribution in [2.45, 2.75) is 43.8 Å². The number of aromatic nitrogens is 3. The van der Waals surface area contributed by atoms with Gasteiger partial charge in [-0.15, -0.1) is 24.8 Å². The van der Waals surface area contributed by atoms with Gasteiger partial charge in [-0.05, 0) is 31.7 Å². The van der Waals surface area contributed by atoms with Crippen molar-refractivity contribution in [3.05, 3.63) is 38.7 Å². The molecule has 2 unspecified atom stereocenters. The summed E-state index contributed by atoms with van der Waals surface area (Å²) in [6.45, 7) is 0. The molecule has 10 heteroatoms. The van der Waals surface area contributed by atoms with E-state index in [4.69, 9.17) is 0 Å². The second-order valence-electron chi connectivity index (χ2n) is 7.08. The summed E-state index contributed by atoms with van der Waals surface area (Å²) in [7, 11) is 2.98. The Morgan fingerprint density at radius 3 is 2.41 bits per heavy atom. The first-order chi connectivity index (χ1) is 11.9. The summed E-state index contributed by atoms with van der Waals surface area (Å²) >= 11 is 0. The minimum atomic E-state index is -0.444. The molecule has 2 bridgehead atoms. The van der Waals surface area contributed by atoms with E-state index in [0.29, 0.717) is 17.6 Å². The first-order valence-corrected chi connectivity index (χ1v) is 8.56. The molecule has 27 heavy (non-hydrogen) atoms. The van der Waals surface area contributed by atoms with E-state index in [2.05, 4.69) is 15.6 Å². The molecule has 148 valence electrons. The fourth-order valence-electron chi connectivity index (χ4n) is 4.03. The third kappa shape index (κ3) is 3.74. The molecular formula is C17H23Cl2N5O3. The van der Waals surface area contributed by atoms with Crippen LogP contribution in [-0.2, 0) is 14.1 Å². The molecule has 0 radical (unpaired) electrons. The Bertz CT molecular complexity index is 975.